The Kier molecular flexibility index (Phi) is 15.0. The molecule has 0 aromatic rings. The van der Waals surface area contributed by atoms with Crippen molar-refractivity contribution in [1.29, 1.82) is 0 Å². The van der Waals surface area contributed by atoms with Gasteiger partial charge in [-0.1, -0.05) is 27.7 Å². The lowest BCUT2D eigenvalue weighted by molar-refractivity contribution is -0.127. The second-order valence-electron chi connectivity index (χ2n) is 7.49. The molecule has 0 aromatic carbocycles. The van der Waals surface area contributed by atoms with Crippen LogP contribution in [0.4, 0.5) is 0 Å². The molecule has 1 amide bonds. The van der Waals surface area contributed by atoms with Gasteiger partial charge in [0.25, 0.3) is 0 Å². The third-order valence-electron chi connectivity index (χ3n) is 4.95. The average Bonchev–Trinajstić information content (AvgIpc) is 3.01. The fourth-order valence-corrected chi connectivity index (χ4v) is 3.58. The van der Waals surface area contributed by atoms with E-state index in [0.29, 0.717) is 17.9 Å². The summed E-state index contributed by atoms with van der Waals surface area (Å²) >= 11 is 0. The van der Waals surface area contributed by atoms with Crippen LogP contribution in [-0.4, -0.2) is 73.5 Å². The predicted molar refractivity (Wildman–Crippen MR) is 126 cm³/mol. The minimum absolute atomic E-state index is 0. The summed E-state index contributed by atoms with van der Waals surface area (Å²) in [5.74, 6) is 1.87. The monoisotopic (exact) mass is 495 g/mol. The number of guanidine groups is 1. The smallest absolute Gasteiger partial charge is 0.222 e. The molecule has 1 fully saturated rings. The highest BCUT2D eigenvalue weighted by Crippen LogP contribution is 2.12. The minimum atomic E-state index is 0. The van der Waals surface area contributed by atoms with E-state index < -0.39 is 0 Å². The Morgan fingerprint density at radius 3 is 2.44 bits per heavy atom. The zero-order valence-electron chi connectivity index (χ0n) is 18.1. The van der Waals surface area contributed by atoms with Gasteiger partial charge in [-0.15, -0.1) is 24.0 Å². The van der Waals surface area contributed by atoms with Crippen molar-refractivity contribution in [1.82, 2.24) is 20.4 Å². The average molecular weight is 495 g/mol. The third-order valence-corrected chi connectivity index (χ3v) is 4.95. The van der Waals surface area contributed by atoms with Crippen molar-refractivity contribution >= 4 is 35.8 Å². The van der Waals surface area contributed by atoms with E-state index >= 15 is 0 Å². The number of likely N-dealkylation sites (tertiary alicyclic amines) is 1. The Labute approximate surface area is 183 Å². The van der Waals surface area contributed by atoms with Crippen LogP contribution in [0.25, 0.3) is 0 Å². The van der Waals surface area contributed by atoms with Gasteiger partial charge in [-0.3, -0.25) is 14.7 Å². The first-order chi connectivity index (χ1) is 12.5. The summed E-state index contributed by atoms with van der Waals surface area (Å²) in [5.41, 5.74) is 0. The highest BCUT2D eigenvalue weighted by molar-refractivity contribution is 14.0. The van der Waals surface area contributed by atoms with E-state index in [0.717, 1.165) is 71.0 Å². The lowest BCUT2D eigenvalue weighted by atomic mass is 10.0. The van der Waals surface area contributed by atoms with Gasteiger partial charge in [-0.2, -0.15) is 0 Å². The van der Waals surface area contributed by atoms with Gasteiger partial charge in [0.1, 0.15) is 0 Å². The van der Waals surface area contributed by atoms with E-state index in [4.69, 9.17) is 4.99 Å². The molecule has 6 nitrogen and oxygen atoms in total. The first-order valence-corrected chi connectivity index (χ1v) is 10.6. The molecule has 1 atom stereocenters. The topological polar surface area (TPSA) is 60.0 Å². The Hall–Kier alpha value is -0.570. The number of nitrogens with zero attached hydrogens (tertiary/aromatic N) is 3. The standard InChI is InChI=1S/C20H41N5O.HI/c1-6-21-20(22-12-10-14-25-13-9-11-19(25)26)23-16-18(15-17(4)5)24(7-2)8-3;/h17-18H,6-16H2,1-5H3,(H2,21,22,23);1H. The summed E-state index contributed by atoms with van der Waals surface area (Å²) in [4.78, 5) is 21.0. The lowest BCUT2D eigenvalue weighted by Crippen LogP contribution is -2.42. The van der Waals surface area contributed by atoms with Crippen molar-refractivity contribution in [3.05, 3.63) is 0 Å². The molecule has 1 unspecified atom stereocenters. The van der Waals surface area contributed by atoms with Gasteiger partial charge in [-0.25, -0.2) is 0 Å². The molecule has 0 saturated carbocycles. The fraction of sp³-hybridized carbons (Fsp3) is 0.900. The number of carbonyl (C=O) groups excluding carboxylic acids is 1. The number of hydrogen-bond donors (Lipinski definition) is 2. The normalized spacial score (nSPS) is 16.0. The van der Waals surface area contributed by atoms with Gasteiger partial charge in [0, 0.05) is 38.6 Å². The molecule has 0 aromatic heterocycles. The molecule has 160 valence electrons. The van der Waals surface area contributed by atoms with Gasteiger partial charge in [-0.05, 0) is 45.2 Å². The van der Waals surface area contributed by atoms with Crippen LogP contribution in [-0.2, 0) is 4.79 Å². The molecule has 1 aliphatic rings. The Morgan fingerprint density at radius 2 is 1.93 bits per heavy atom. The van der Waals surface area contributed by atoms with Crippen molar-refractivity contribution in [2.45, 2.75) is 66.3 Å². The van der Waals surface area contributed by atoms with Crippen LogP contribution >= 0.6 is 24.0 Å². The predicted octanol–water partition coefficient (Wildman–Crippen LogP) is 2.93. The van der Waals surface area contributed by atoms with Crippen LogP contribution in [0.3, 0.4) is 0 Å². The van der Waals surface area contributed by atoms with Gasteiger partial charge in [0.2, 0.25) is 5.91 Å². The van der Waals surface area contributed by atoms with Gasteiger partial charge in [0.15, 0.2) is 5.96 Å². The maximum atomic E-state index is 11.7. The van der Waals surface area contributed by atoms with Crippen LogP contribution in [0, 0.1) is 5.92 Å². The van der Waals surface area contributed by atoms with E-state index in [-0.39, 0.29) is 24.0 Å². The van der Waals surface area contributed by atoms with Crippen molar-refractivity contribution in [2.24, 2.45) is 10.9 Å². The maximum absolute atomic E-state index is 11.7. The number of aliphatic imine (C=N–C) groups is 1. The van der Waals surface area contributed by atoms with Crippen LogP contribution in [0.5, 0.6) is 0 Å². The second kappa shape index (κ2) is 15.4. The minimum Gasteiger partial charge on any atom is -0.357 e. The first kappa shape index (κ1) is 26.4. The highest BCUT2D eigenvalue weighted by Gasteiger charge is 2.19. The summed E-state index contributed by atoms with van der Waals surface area (Å²) in [6.07, 6.45) is 3.86. The Balaban J connectivity index is 0.00000676. The number of carbonyl (C=O) groups is 1. The lowest BCUT2D eigenvalue weighted by Gasteiger charge is -2.30. The molecule has 1 saturated heterocycles. The molecule has 1 aliphatic heterocycles. The van der Waals surface area contributed by atoms with Crippen LogP contribution in [0.15, 0.2) is 4.99 Å². The molecule has 0 radical (unpaired) electrons. The van der Waals surface area contributed by atoms with Crippen LogP contribution in [0.1, 0.15) is 60.3 Å². The molecule has 27 heavy (non-hydrogen) atoms. The summed E-state index contributed by atoms with van der Waals surface area (Å²) < 4.78 is 0. The highest BCUT2D eigenvalue weighted by atomic mass is 127. The number of amides is 1. The van der Waals surface area contributed by atoms with Gasteiger partial charge >= 0.3 is 0 Å². The summed E-state index contributed by atoms with van der Waals surface area (Å²) in [6.45, 7) is 17.5. The third kappa shape index (κ3) is 10.5. The quantitative estimate of drug-likeness (QED) is 0.189. The number of likely N-dealkylation sites (N-methyl/N-ethyl adjacent to an activating group) is 1. The van der Waals surface area contributed by atoms with Gasteiger partial charge in [0.05, 0.1) is 6.54 Å². The first-order valence-electron chi connectivity index (χ1n) is 10.6. The maximum Gasteiger partial charge on any atom is 0.222 e. The van der Waals surface area contributed by atoms with E-state index in [1.54, 1.807) is 0 Å². The summed E-state index contributed by atoms with van der Waals surface area (Å²) in [6, 6.07) is 0.489. The van der Waals surface area contributed by atoms with Crippen molar-refractivity contribution < 1.29 is 4.79 Å². The van der Waals surface area contributed by atoms with Crippen LogP contribution in [0.2, 0.25) is 0 Å². The van der Waals surface area contributed by atoms with E-state index in [1.165, 1.54) is 6.42 Å². The molecular formula is C20H42IN5O. The van der Waals surface area contributed by atoms with E-state index in [2.05, 4.69) is 50.2 Å². The van der Waals surface area contributed by atoms with Crippen molar-refractivity contribution in [3.8, 4) is 0 Å². The molecular weight excluding hydrogens is 453 g/mol. The SMILES string of the molecule is CCNC(=NCC(CC(C)C)N(CC)CC)NCCCN1CCCC1=O.I. The molecule has 0 spiro atoms. The molecule has 0 bridgehead atoms. The number of rotatable bonds is 12. The van der Waals surface area contributed by atoms with Gasteiger partial charge < -0.3 is 15.5 Å². The fourth-order valence-electron chi connectivity index (χ4n) is 3.58. The Bertz CT molecular complexity index is 427. The van der Waals surface area contributed by atoms with Crippen molar-refractivity contribution in [3.63, 3.8) is 0 Å². The van der Waals surface area contributed by atoms with Crippen molar-refractivity contribution in [2.75, 3.05) is 45.8 Å². The van der Waals surface area contributed by atoms with E-state index in [1.807, 2.05) is 4.90 Å². The summed E-state index contributed by atoms with van der Waals surface area (Å²) in [7, 11) is 0. The number of hydrogen-bond acceptors (Lipinski definition) is 3. The second-order valence-corrected chi connectivity index (χ2v) is 7.49. The molecule has 2 N–H and O–H groups in total. The largest absolute Gasteiger partial charge is 0.357 e. The number of halogens is 1. The zero-order valence-corrected chi connectivity index (χ0v) is 20.4. The van der Waals surface area contributed by atoms with E-state index in [9.17, 15) is 4.79 Å². The molecule has 0 aliphatic carbocycles. The Morgan fingerprint density at radius 1 is 1.22 bits per heavy atom. The molecule has 1 rings (SSSR count). The zero-order chi connectivity index (χ0) is 19.4. The van der Waals surface area contributed by atoms with Crippen LogP contribution < -0.4 is 10.6 Å². The molecule has 1 heterocycles. The number of nitrogens with one attached hydrogen (secondary N) is 2. The summed E-state index contributed by atoms with van der Waals surface area (Å²) in [5, 5.41) is 6.77. The molecule has 7 heteroatoms.